The van der Waals surface area contributed by atoms with Gasteiger partial charge in [0.05, 0.1) is 17.9 Å². The van der Waals surface area contributed by atoms with Crippen LogP contribution in [-0.4, -0.2) is 24.3 Å². The van der Waals surface area contributed by atoms with Crippen molar-refractivity contribution in [1.82, 2.24) is 0 Å². The van der Waals surface area contributed by atoms with Crippen molar-refractivity contribution in [3.63, 3.8) is 0 Å². The van der Waals surface area contributed by atoms with Crippen LogP contribution in [0.3, 0.4) is 0 Å². The molecule has 0 fully saturated rings. The van der Waals surface area contributed by atoms with Gasteiger partial charge in [0.2, 0.25) is 5.91 Å². The Kier molecular flexibility index (Phi) is 1.90. The third kappa shape index (κ3) is 1.25. The summed E-state index contributed by atoms with van der Waals surface area (Å²) in [4.78, 5) is 12.6. The molecule has 0 saturated carbocycles. The van der Waals surface area contributed by atoms with Crippen LogP contribution in [0.4, 0.5) is 11.4 Å². The standard InChI is InChI=1S/C9H10N2O2/c12-6-11-8-4-2-1-3-7(8)10-5-9(11)13/h1-4,10,12H,5-6H2. The van der Waals surface area contributed by atoms with E-state index in [0.29, 0.717) is 0 Å². The number of hydrogen-bond acceptors (Lipinski definition) is 3. The molecule has 1 heterocycles. The number of rotatable bonds is 1. The Morgan fingerprint density at radius 2 is 2.23 bits per heavy atom. The lowest BCUT2D eigenvalue weighted by atomic mass is 10.2. The zero-order chi connectivity index (χ0) is 9.26. The predicted octanol–water partition coefficient (Wildman–Crippen LogP) is 0.395. The van der Waals surface area contributed by atoms with Crippen molar-refractivity contribution in [2.24, 2.45) is 0 Å². The lowest BCUT2D eigenvalue weighted by Crippen LogP contribution is -2.40. The van der Waals surface area contributed by atoms with Crippen LogP contribution in [0.1, 0.15) is 0 Å². The van der Waals surface area contributed by atoms with Crippen molar-refractivity contribution in [2.45, 2.75) is 0 Å². The van der Waals surface area contributed by atoms with Crippen LogP contribution in [-0.2, 0) is 4.79 Å². The molecule has 0 atom stereocenters. The molecule has 68 valence electrons. The Balaban J connectivity index is 2.45. The first-order valence-corrected chi connectivity index (χ1v) is 4.07. The molecule has 0 radical (unpaired) electrons. The molecule has 0 spiro atoms. The highest BCUT2D eigenvalue weighted by Crippen LogP contribution is 2.27. The van der Waals surface area contributed by atoms with Gasteiger partial charge in [-0.1, -0.05) is 12.1 Å². The normalized spacial score (nSPS) is 15.2. The molecule has 1 aliphatic rings. The SMILES string of the molecule is O=C1CNc2ccccc2N1CO. The van der Waals surface area contributed by atoms with E-state index in [1.807, 2.05) is 18.2 Å². The van der Waals surface area contributed by atoms with E-state index in [2.05, 4.69) is 5.32 Å². The number of fused-ring (bicyclic) bond motifs is 1. The summed E-state index contributed by atoms with van der Waals surface area (Å²) in [6, 6.07) is 7.40. The number of amides is 1. The van der Waals surface area contributed by atoms with Crippen LogP contribution < -0.4 is 10.2 Å². The van der Waals surface area contributed by atoms with E-state index in [-0.39, 0.29) is 19.2 Å². The maximum absolute atomic E-state index is 11.3. The van der Waals surface area contributed by atoms with Crippen molar-refractivity contribution >= 4 is 17.3 Å². The molecule has 4 heteroatoms. The number of aliphatic hydroxyl groups excluding tert-OH is 1. The number of benzene rings is 1. The van der Waals surface area contributed by atoms with Crippen LogP contribution in [0.2, 0.25) is 0 Å². The minimum absolute atomic E-state index is 0.110. The maximum Gasteiger partial charge on any atom is 0.248 e. The van der Waals surface area contributed by atoms with Crippen LogP contribution in [0.5, 0.6) is 0 Å². The number of para-hydroxylation sites is 2. The Hall–Kier alpha value is -1.55. The fourth-order valence-corrected chi connectivity index (χ4v) is 1.41. The van der Waals surface area contributed by atoms with E-state index in [4.69, 9.17) is 5.11 Å². The van der Waals surface area contributed by atoms with Crippen LogP contribution in [0.15, 0.2) is 24.3 Å². The monoisotopic (exact) mass is 178 g/mol. The highest BCUT2D eigenvalue weighted by atomic mass is 16.3. The number of nitrogens with one attached hydrogen (secondary N) is 1. The van der Waals surface area contributed by atoms with E-state index in [1.165, 1.54) is 4.90 Å². The summed E-state index contributed by atoms with van der Waals surface area (Å²) in [6.45, 7) is -0.0188. The number of nitrogens with zero attached hydrogens (tertiary/aromatic N) is 1. The molecule has 0 unspecified atom stereocenters. The Labute approximate surface area is 75.8 Å². The number of carbonyl (C=O) groups is 1. The molecule has 2 rings (SSSR count). The third-order valence-electron chi connectivity index (χ3n) is 2.07. The molecule has 1 aliphatic heterocycles. The molecule has 0 aromatic heterocycles. The van der Waals surface area contributed by atoms with E-state index in [0.717, 1.165) is 11.4 Å². The van der Waals surface area contributed by atoms with Gasteiger partial charge in [0, 0.05) is 0 Å². The fourth-order valence-electron chi connectivity index (χ4n) is 1.41. The van der Waals surface area contributed by atoms with Gasteiger partial charge >= 0.3 is 0 Å². The summed E-state index contributed by atoms with van der Waals surface area (Å²) in [5.41, 5.74) is 1.62. The number of carbonyl (C=O) groups excluding carboxylic acids is 1. The van der Waals surface area contributed by atoms with Crippen LogP contribution >= 0.6 is 0 Å². The van der Waals surface area contributed by atoms with E-state index < -0.39 is 0 Å². The summed E-state index contributed by atoms with van der Waals surface area (Å²) in [5, 5.41) is 12.0. The largest absolute Gasteiger partial charge is 0.376 e. The van der Waals surface area contributed by atoms with E-state index in [1.54, 1.807) is 6.07 Å². The molecule has 1 aromatic rings. The first kappa shape index (κ1) is 8.07. The van der Waals surface area contributed by atoms with Crippen molar-refractivity contribution in [2.75, 3.05) is 23.5 Å². The number of aliphatic hydroxyl groups is 1. The van der Waals surface area contributed by atoms with Gasteiger partial charge in [0.25, 0.3) is 0 Å². The summed E-state index contributed by atoms with van der Waals surface area (Å²) in [5.74, 6) is -0.110. The van der Waals surface area contributed by atoms with Crippen molar-refractivity contribution in [3.8, 4) is 0 Å². The molecule has 4 nitrogen and oxygen atoms in total. The molecular formula is C9H10N2O2. The highest BCUT2D eigenvalue weighted by molar-refractivity contribution is 6.02. The smallest absolute Gasteiger partial charge is 0.248 e. The molecule has 1 aromatic carbocycles. The molecule has 0 aliphatic carbocycles. The van der Waals surface area contributed by atoms with Crippen molar-refractivity contribution < 1.29 is 9.90 Å². The number of anilines is 2. The minimum Gasteiger partial charge on any atom is -0.376 e. The van der Waals surface area contributed by atoms with Gasteiger partial charge < -0.3 is 10.4 Å². The van der Waals surface area contributed by atoms with Gasteiger partial charge in [-0.15, -0.1) is 0 Å². The second-order valence-corrected chi connectivity index (χ2v) is 2.83. The summed E-state index contributed by atoms with van der Waals surface area (Å²) >= 11 is 0. The molecule has 2 N–H and O–H groups in total. The molecule has 1 amide bonds. The molecular weight excluding hydrogens is 168 g/mol. The van der Waals surface area contributed by atoms with Crippen LogP contribution in [0.25, 0.3) is 0 Å². The zero-order valence-electron chi connectivity index (χ0n) is 7.03. The third-order valence-corrected chi connectivity index (χ3v) is 2.07. The zero-order valence-corrected chi connectivity index (χ0v) is 7.03. The summed E-state index contributed by atoms with van der Waals surface area (Å²) in [7, 11) is 0. The quantitative estimate of drug-likeness (QED) is 0.654. The second kappa shape index (κ2) is 3.06. The number of hydrogen-bond donors (Lipinski definition) is 2. The first-order valence-electron chi connectivity index (χ1n) is 4.07. The van der Waals surface area contributed by atoms with Crippen molar-refractivity contribution in [1.29, 1.82) is 0 Å². The summed E-state index contributed by atoms with van der Waals surface area (Å²) in [6.07, 6.45) is 0. The van der Waals surface area contributed by atoms with Crippen molar-refractivity contribution in [3.05, 3.63) is 24.3 Å². The lowest BCUT2D eigenvalue weighted by Gasteiger charge is -2.28. The Morgan fingerprint density at radius 1 is 1.46 bits per heavy atom. The van der Waals surface area contributed by atoms with E-state index in [9.17, 15) is 4.79 Å². The maximum atomic E-state index is 11.3. The van der Waals surface area contributed by atoms with Gasteiger partial charge in [-0.3, -0.25) is 9.69 Å². The molecule has 0 bridgehead atoms. The second-order valence-electron chi connectivity index (χ2n) is 2.83. The topological polar surface area (TPSA) is 52.6 Å². The highest BCUT2D eigenvalue weighted by Gasteiger charge is 2.21. The minimum atomic E-state index is -0.266. The van der Waals surface area contributed by atoms with Gasteiger partial charge in [0.15, 0.2) is 0 Å². The average Bonchev–Trinajstić information content (AvgIpc) is 2.18. The molecule has 13 heavy (non-hydrogen) atoms. The Bertz CT molecular complexity index is 338. The van der Waals surface area contributed by atoms with E-state index >= 15 is 0 Å². The average molecular weight is 178 g/mol. The van der Waals surface area contributed by atoms with Gasteiger partial charge in [-0.05, 0) is 12.1 Å². The first-order chi connectivity index (χ1) is 6.33. The fraction of sp³-hybridized carbons (Fsp3) is 0.222. The van der Waals surface area contributed by atoms with Crippen LogP contribution in [0, 0.1) is 0 Å². The summed E-state index contributed by atoms with van der Waals surface area (Å²) < 4.78 is 0. The van der Waals surface area contributed by atoms with Gasteiger partial charge in [-0.2, -0.15) is 0 Å². The van der Waals surface area contributed by atoms with Gasteiger partial charge in [-0.25, -0.2) is 0 Å². The lowest BCUT2D eigenvalue weighted by molar-refractivity contribution is -0.117. The van der Waals surface area contributed by atoms with Gasteiger partial charge in [0.1, 0.15) is 6.73 Å². The molecule has 0 saturated heterocycles. The predicted molar refractivity (Wildman–Crippen MR) is 49.5 cm³/mol. The Morgan fingerprint density at radius 3 is 3.00 bits per heavy atom.